The summed E-state index contributed by atoms with van der Waals surface area (Å²) in [4.78, 5) is 4.65. The average molecular weight is 383 g/mol. The van der Waals surface area contributed by atoms with E-state index in [4.69, 9.17) is 5.73 Å². The summed E-state index contributed by atoms with van der Waals surface area (Å²) in [7, 11) is -1.36. The minimum absolute atomic E-state index is 0.366. The van der Waals surface area contributed by atoms with Crippen molar-refractivity contribution < 1.29 is 8.60 Å². The van der Waals surface area contributed by atoms with E-state index in [2.05, 4.69) is 23.6 Å². The van der Waals surface area contributed by atoms with Crippen LogP contribution < -0.4 is 10.5 Å². The molecule has 0 radical (unpaired) electrons. The molecule has 1 atom stereocenters. The van der Waals surface area contributed by atoms with Crippen LogP contribution in [0, 0.1) is 11.7 Å². The molecule has 0 fully saturated rings. The Morgan fingerprint density at radius 3 is 2.48 bits per heavy atom. The van der Waals surface area contributed by atoms with Gasteiger partial charge in [-0.05, 0) is 41.3 Å². The molecule has 0 saturated heterocycles. The Morgan fingerprint density at radius 2 is 1.81 bits per heavy atom. The number of nitrogens with zero attached hydrogens (tertiary/aromatic N) is 1. The Kier molecular flexibility index (Phi) is 5.98. The molecule has 1 unspecified atom stereocenters. The molecule has 0 aliphatic rings. The quantitative estimate of drug-likeness (QED) is 0.663. The molecule has 4 nitrogen and oxygen atoms in total. The van der Waals surface area contributed by atoms with Gasteiger partial charge in [-0.25, -0.2) is 18.3 Å². The molecule has 3 N–H and O–H groups in total. The molecule has 3 rings (SSSR count). The lowest BCUT2D eigenvalue weighted by atomic mass is 10.0. The molecular weight excluding hydrogens is 361 g/mol. The zero-order valence-corrected chi connectivity index (χ0v) is 16.1. The third-order valence-electron chi connectivity index (χ3n) is 4.09. The first-order valence-electron chi connectivity index (χ1n) is 8.72. The van der Waals surface area contributed by atoms with Gasteiger partial charge in [-0.2, -0.15) is 0 Å². The summed E-state index contributed by atoms with van der Waals surface area (Å²) in [6.07, 6.45) is 1.55. The molecule has 0 spiro atoms. The fourth-order valence-electron chi connectivity index (χ4n) is 2.67. The predicted molar refractivity (Wildman–Crippen MR) is 109 cm³/mol. The smallest absolute Gasteiger partial charge is 0.131 e. The Morgan fingerprint density at radius 1 is 1.07 bits per heavy atom. The highest BCUT2D eigenvalue weighted by atomic mass is 32.2. The third-order valence-corrected chi connectivity index (χ3v) is 5.27. The second kappa shape index (κ2) is 8.41. The van der Waals surface area contributed by atoms with Gasteiger partial charge in [-0.1, -0.05) is 44.2 Å². The highest BCUT2D eigenvalue weighted by molar-refractivity contribution is 7.83. The van der Waals surface area contributed by atoms with Crippen molar-refractivity contribution in [2.24, 2.45) is 5.92 Å². The van der Waals surface area contributed by atoms with Crippen LogP contribution in [0.15, 0.2) is 65.7 Å². The van der Waals surface area contributed by atoms with Gasteiger partial charge in [0.1, 0.15) is 22.6 Å². The highest BCUT2D eigenvalue weighted by Crippen LogP contribution is 2.30. The lowest BCUT2D eigenvalue weighted by molar-refractivity contribution is 0.616. The van der Waals surface area contributed by atoms with Crippen molar-refractivity contribution >= 4 is 16.8 Å². The normalized spacial score (nSPS) is 12.3. The van der Waals surface area contributed by atoms with Crippen molar-refractivity contribution in [3.63, 3.8) is 0 Å². The second-order valence-corrected chi connectivity index (χ2v) is 7.94. The number of hydrogen-bond donors (Lipinski definition) is 2. The van der Waals surface area contributed by atoms with Crippen LogP contribution in [-0.4, -0.2) is 15.7 Å². The van der Waals surface area contributed by atoms with Crippen LogP contribution >= 0.6 is 0 Å². The van der Waals surface area contributed by atoms with Gasteiger partial charge in [0.25, 0.3) is 0 Å². The van der Waals surface area contributed by atoms with Crippen LogP contribution in [0.4, 0.5) is 10.2 Å². The second-order valence-electron chi connectivity index (χ2n) is 6.67. The summed E-state index contributed by atoms with van der Waals surface area (Å²) in [5.41, 5.74) is 8.11. The van der Waals surface area contributed by atoms with E-state index in [1.807, 2.05) is 24.3 Å². The number of hydrogen-bond acceptors (Lipinski definition) is 3. The predicted octanol–water partition coefficient (Wildman–Crippen LogP) is 4.41. The van der Waals surface area contributed by atoms with Crippen molar-refractivity contribution in [2.75, 3.05) is 12.3 Å². The number of nitrogen functional groups attached to an aromatic ring is 1. The monoisotopic (exact) mass is 383 g/mol. The SMILES string of the molecule is CC(C)CNS(=O)c1ccccc1-c1ccc(-c2ccc(N)nc2)c(F)c1. The minimum Gasteiger partial charge on any atom is -0.384 e. The fraction of sp³-hybridized carbons (Fsp3) is 0.190. The molecule has 3 aromatic rings. The Balaban J connectivity index is 1.94. The van der Waals surface area contributed by atoms with E-state index in [9.17, 15) is 8.60 Å². The summed E-state index contributed by atoms with van der Waals surface area (Å²) in [5, 5.41) is 0. The Labute approximate surface area is 161 Å². The van der Waals surface area contributed by atoms with E-state index in [1.165, 1.54) is 6.07 Å². The van der Waals surface area contributed by atoms with Gasteiger partial charge in [0, 0.05) is 23.9 Å². The van der Waals surface area contributed by atoms with E-state index in [-0.39, 0.29) is 5.82 Å². The number of nitrogens with one attached hydrogen (secondary N) is 1. The number of pyridine rings is 1. The van der Waals surface area contributed by atoms with Gasteiger partial charge in [-0.3, -0.25) is 0 Å². The molecule has 140 valence electrons. The maximum atomic E-state index is 14.8. The molecule has 2 aromatic carbocycles. The third kappa shape index (κ3) is 4.59. The number of halogens is 1. The molecule has 27 heavy (non-hydrogen) atoms. The summed E-state index contributed by atoms with van der Waals surface area (Å²) in [6, 6.07) is 15.7. The Bertz CT molecular complexity index is 958. The number of anilines is 1. The summed E-state index contributed by atoms with van der Waals surface area (Å²) < 4.78 is 30.4. The molecule has 0 saturated carbocycles. The molecule has 0 aliphatic carbocycles. The van der Waals surface area contributed by atoms with Crippen molar-refractivity contribution in [1.29, 1.82) is 0 Å². The first-order valence-corrected chi connectivity index (χ1v) is 9.87. The van der Waals surface area contributed by atoms with Crippen LogP contribution in [0.1, 0.15) is 13.8 Å². The lowest BCUT2D eigenvalue weighted by Crippen LogP contribution is -2.22. The van der Waals surface area contributed by atoms with E-state index in [1.54, 1.807) is 30.5 Å². The first-order chi connectivity index (χ1) is 13.0. The van der Waals surface area contributed by atoms with Crippen molar-refractivity contribution in [3.8, 4) is 22.3 Å². The van der Waals surface area contributed by atoms with Crippen molar-refractivity contribution in [2.45, 2.75) is 18.7 Å². The topological polar surface area (TPSA) is 68.0 Å². The van der Waals surface area contributed by atoms with E-state index in [0.717, 1.165) is 5.56 Å². The van der Waals surface area contributed by atoms with Gasteiger partial charge < -0.3 is 5.73 Å². The molecular formula is C21H22FN3OS. The van der Waals surface area contributed by atoms with Crippen LogP contribution in [-0.2, 0) is 11.0 Å². The molecule has 0 amide bonds. The van der Waals surface area contributed by atoms with Gasteiger partial charge in [0.2, 0.25) is 0 Å². The molecule has 0 bridgehead atoms. The first kappa shape index (κ1) is 19.2. The van der Waals surface area contributed by atoms with Crippen LogP contribution in [0.3, 0.4) is 0 Å². The van der Waals surface area contributed by atoms with E-state index < -0.39 is 11.0 Å². The van der Waals surface area contributed by atoms with E-state index in [0.29, 0.717) is 39.9 Å². The zero-order chi connectivity index (χ0) is 19.4. The molecule has 6 heteroatoms. The van der Waals surface area contributed by atoms with Crippen LogP contribution in [0.25, 0.3) is 22.3 Å². The molecule has 1 aromatic heterocycles. The largest absolute Gasteiger partial charge is 0.384 e. The number of nitrogens with two attached hydrogens (primary N) is 1. The van der Waals surface area contributed by atoms with Crippen molar-refractivity contribution in [1.82, 2.24) is 9.71 Å². The van der Waals surface area contributed by atoms with Gasteiger partial charge in [0.05, 0.1) is 4.90 Å². The van der Waals surface area contributed by atoms with Crippen molar-refractivity contribution in [3.05, 3.63) is 66.6 Å². The average Bonchev–Trinajstić information content (AvgIpc) is 2.67. The fourth-order valence-corrected chi connectivity index (χ4v) is 3.90. The van der Waals surface area contributed by atoms with E-state index >= 15 is 0 Å². The minimum atomic E-state index is -1.36. The Hall–Kier alpha value is -2.57. The van der Waals surface area contributed by atoms with Gasteiger partial charge >= 0.3 is 0 Å². The standard InChI is InChI=1S/C21H22FN3OS/c1-14(2)12-25-27(26)20-6-4-3-5-18(20)15-7-9-17(19(22)11-15)16-8-10-21(23)24-13-16/h3-11,13-14,25H,12H2,1-2H3,(H2,23,24). The van der Waals surface area contributed by atoms with Crippen LogP contribution in [0.2, 0.25) is 0 Å². The highest BCUT2D eigenvalue weighted by Gasteiger charge is 2.14. The maximum Gasteiger partial charge on any atom is 0.131 e. The number of rotatable bonds is 6. The summed E-state index contributed by atoms with van der Waals surface area (Å²) in [5.74, 6) is 0.405. The molecule has 0 aliphatic heterocycles. The summed E-state index contributed by atoms with van der Waals surface area (Å²) in [6.45, 7) is 4.74. The lowest BCUT2D eigenvalue weighted by Gasteiger charge is -2.13. The van der Waals surface area contributed by atoms with Crippen LogP contribution in [0.5, 0.6) is 0 Å². The zero-order valence-electron chi connectivity index (χ0n) is 15.3. The number of benzene rings is 2. The summed E-state index contributed by atoms with van der Waals surface area (Å²) >= 11 is 0. The molecule has 1 heterocycles. The maximum absolute atomic E-state index is 14.8. The number of aromatic nitrogens is 1. The van der Waals surface area contributed by atoms with Gasteiger partial charge in [-0.15, -0.1) is 0 Å². The van der Waals surface area contributed by atoms with Gasteiger partial charge in [0.15, 0.2) is 0 Å².